The number of hydrogen-bond donors (Lipinski definition) is 0. The number of nitrogens with zero attached hydrogens (tertiary/aromatic N) is 2. The van der Waals surface area contributed by atoms with Crippen LogP contribution in [-0.2, 0) is 16.1 Å². The summed E-state index contributed by atoms with van der Waals surface area (Å²) in [6, 6.07) is 9.82. The molecule has 1 unspecified atom stereocenters. The van der Waals surface area contributed by atoms with E-state index in [9.17, 15) is 9.59 Å². The van der Waals surface area contributed by atoms with Gasteiger partial charge in [0.1, 0.15) is 5.54 Å². The second kappa shape index (κ2) is 5.49. The van der Waals surface area contributed by atoms with Gasteiger partial charge in [0.15, 0.2) is 0 Å². The quantitative estimate of drug-likeness (QED) is 0.784. The summed E-state index contributed by atoms with van der Waals surface area (Å²) in [5, 5.41) is 0. The van der Waals surface area contributed by atoms with Gasteiger partial charge >= 0.3 is 0 Å². The summed E-state index contributed by atoms with van der Waals surface area (Å²) in [6.45, 7) is 6.47. The van der Waals surface area contributed by atoms with E-state index < -0.39 is 5.54 Å². The van der Waals surface area contributed by atoms with Crippen molar-refractivity contribution < 1.29 is 9.59 Å². The van der Waals surface area contributed by atoms with Crippen molar-refractivity contribution in [2.24, 2.45) is 0 Å². The van der Waals surface area contributed by atoms with E-state index in [1.165, 1.54) is 6.08 Å². The standard InChI is InChI=1S/C16H20N2O2/c1-4-14(19)18-11-10-16(18,2)15(20)17(3)12-13-8-6-5-7-9-13/h4-9H,1,10-12H2,2-3H3. The lowest BCUT2D eigenvalue weighted by Gasteiger charge is -2.50. The Kier molecular flexibility index (Phi) is 3.93. The Labute approximate surface area is 119 Å². The lowest BCUT2D eigenvalue weighted by molar-refractivity contribution is -0.160. The van der Waals surface area contributed by atoms with Crippen LogP contribution >= 0.6 is 0 Å². The highest BCUT2D eigenvalue weighted by molar-refractivity contribution is 5.96. The topological polar surface area (TPSA) is 40.6 Å². The van der Waals surface area contributed by atoms with Crippen molar-refractivity contribution >= 4 is 11.8 Å². The molecule has 1 atom stereocenters. The molecule has 1 fully saturated rings. The van der Waals surface area contributed by atoms with Crippen LogP contribution in [-0.4, -0.2) is 40.7 Å². The van der Waals surface area contributed by atoms with Crippen molar-refractivity contribution in [2.45, 2.75) is 25.4 Å². The van der Waals surface area contributed by atoms with Crippen molar-refractivity contribution in [2.75, 3.05) is 13.6 Å². The Morgan fingerprint density at radius 3 is 2.55 bits per heavy atom. The number of likely N-dealkylation sites (N-methyl/N-ethyl adjacent to an activating group) is 1. The van der Waals surface area contributed by atoms with E-state index in [-0.39, 0.29) is 11.8 Å². The van der Waals surface area contributed by atoms with Crippen LogP contribution in [0.1, 0.15) is 18.9 Å². The second-order valence-electron chi connectivity index (χ2n) is 5.36. The molecule has 1 aliphatic heterocycles. The Bertz CT molecular complexity index is 527. The summed E-state index contributed by atoms with van der Waals surface area (Å²) in [5.74, 6) is -0.206. The SMILES string of the molecule is C=CC(=O)N1CCC1(C)C(=O)N(C)Cc1ccccc1. The second-order valence-corrected chi connectivity index (χ2v) is 5.36. The van der Waals surface area contributed by atoms with Gasteiger partial charge in [0, 0.05) is 20.1 Å². The van der Waals surface area contributed by atoms with Crippen LogP contribution in [0.4, 0.5) is 0 Å². The molecule has 0 N–H and O–H groups in total. The molecule has 0 radical (unpaired) electrons. The van der Waals surface area contributed by atoms with Crippen LogP contribution in [0.15, 0.2) is 43.0 Å². The summed E-state index contributed by atoms with van der Waals surface area (Å²) in [4.78, 5) is 27.6. The molecule has 0 spiro atoms. The van der Waals surface area contributed by atoms with Gasteiger partial charge in [-0.1, -0.05) is 36.9 Å². The molecular formula is C16H20N2O2. The van der Waals surface area contributed by atoms with Gasteiger partial charge in [-0.2, -0.15) is 0 Å². The molecule has 0 aromatic heterocycles. The maximum Gasteiger partial charge on any atom is 0.248 e. The molecule has 0 aliphatic carbocycles. The molecule has 1 heterocycles. The minimum atomic E-state index is -0.727. The minimum absolute atomic E-state index is 0.0252. The number of hydrogen-bond acceptors (Lipinski definition) is 2. The summed E-state index contributed by atoms with van der Waals surface area (Å²) in [5.41, 5.74) is 0.349. The van der Waals surface area contributed by atoms with Gasteiger partial charge < -0.3 is 9.80 Å². The predicted molar refractivity (Wildman–Crippen MR) is 77.8 cm³/mol. The molecule has 1 aromatic carbocycles. The van der Waals surface area contributed by atoms with Crippen LogP contribution in [0.3, 0.4) is 0 Å². The van der Waals surface area contributed by atoms with E-state index in [1.807, 2.05) is 37.3 Å². The van der Waals surface area contributed by atoms with Crippen molar-refractivity contribution in [3.8, 4) is 0 Å². The maximum absolute atomic E-state index is 12.6. The largest absolute Gasteiger partial charge is 0.339 e. The third-order valence-corrected chi connectivity index (χ3v) is 3.93. The number of carbonyl (C=O) groups excluding carboxylic acids is 2. The van der Waals surface area contributed by atoms with Crippen molar-refractivity contribution in [3.05, 3.63) is 48.6 Å². The third-order valence-electron chi connectivity index (χ3n) is 3.93. The smallest absolute Gasteiger partial charge is 0.248 e. The average molecular weight is 272 g/mol. The molecule has 20 heavy (non-hydrogen) atoms. The number of rotatable bonds is 4. The highest BCUT2D eigenvalue weighted by atomic mass is 16.2. The molecule has 0 bridgehead atoms. The third kappa shape index (κ3) is 2.46. The number of likely N-dealkylation sites (tertiary alicyclic amines) is 1. The monoisotopic (exact) mass is 272 g/mol. The van der Waals surface area contributed by atoms with Crippen LogP contribution < -0.4 is 0 Å². The van der Waals surface area contributed by atoms with Gasteiger partial charge in [-0.25, -0.2) is 0 Å². The highest BCUT2D eigenvalue weighted by Gasteiger charge is 2.49. The summed E-state index contributed by atoms with van der Waals surface area (Å²) >= 11 is 0. The molecule has 106 valence electrons. The van der Waals surface area contributed by atoms with Gasteiger partial charge in [0.25, 0.3) is 0 Å². The molecule has 4 nitrogen and oxygen atoms in total. The van der Waals surface area contributed by atoms with Gasteiger partial charge in [0.05, 0.1) is 0 Å². The van der Waals surface area contributed by atoms with E-state index in [2.05, 4.69) is 6.58 Å². The van der Waals surface area contributed by atoms with Gasteiger partial charge in [-0.3, -0.25) is 9.59 Å². The lowest BCUT2D eigenvalue weighted by atomic mass is 9.85. The number of benzene rings is 1. The zero-order valence-corrected chi connectivity index (χ0v) is 12.0. The molecule has 1 saturated heterocycles. The van der Waals surface area contributed by atoms with Gasteiger partial charge in [-0.05, 0) is 25.0 Å². The van der Waals surface area contributed by atoms with Crippen LogP contribution in [0.25, 0.3) is 0 Å². The Morgan fingerprint density at radius 2 is 2.05 bits per heavy atom. The normalized spacial score (nSPS) is 21.0. The molecule has 4 heteroatoms. The van der Waals surface area contributed by atoms with E-state index in [1.54, 1.807) is 16.8 Å². The summed E-state index contributed by atoms with van der Waals surface area (Å²) in [6.07, 6.45) is 1.96. The summed E-state index contributed by atoms with van der Waals surface area (Å²) in [7, 11) is 1.77. The summed E-state index contributed by atoms with van der Waals surface area (Å²) < 4.78 is 0. The first-order valence-electron chi connectivity index (χ1n) is 6.72. The van der Waals surface area contributed by atoms with Crippen LogP contribution in [0, 0.1) is 0 Å². The van der Waals surface area contributed by atoms with Crippen LogP contribution in [0.5, 0.6) is 0 Å². The lowest BCUT2D eigenvalue weighted by Crippen LogP contribution is -2.67. The van der Waals surface area contributed by atoms with E-state index in [0.29, 0.717) is 19.5 Å². The molecule has 1 aromatic rings. The van der Waals surface area contributed by atoms with E-state index in [4.69, 9.17) is 0 Å². The number of amides is 2. The van der Waals surface area contributed by atoms with Crippen molar-refractivity contribution in [1.29, 1.82) is 0 Å². The molecule has 2 amide bonds. The maximum atomic E-state index is 12.6. The van der Waals surface area contributed by atoms with E-state index >= 15 is 0 Å². The Balaban J connectivity index is 2.07. The first kappa shape index (κ1) is 14.3. The fraction of sp³-hybridized carbons (Fsp3) is 0.375. The van der Waals surface area contributed by atoms with Gasteiger partial charge in [0.2, 0.25) is 11.8 Å². The van der Waals surface area contributed by atoms with E-state index in [0.717, 1.165) is 5.56 Å². The first-order valence-corrected chi connectivity index (χ1v) is 6.72. The highest BCUT2D eigenvalue weighted by Crippen LogP contribution is 2.32. The molecule has 0 saturated carbocycles. The van der Waals surface area contributed by atoms with Crippen molar-refractivity contribution in [1.82, 2.24) is 9.80 Å². The Hall–Kier alpha value is -2.10. The number of carbonyl (C=O) groups is 2. The average Bonchev–Trinajstić information content (AvgIpc) is 2.45. The van der Waals surface area contributed by atoms with Crippen LogP contribution in [0.2, 0.25) is 0 Å². The fourth-order valence-corrected chi connectivity index (χ4v) is 2.59. The van der Waals surface area contributed by atoms with Gasteiger partial charge in [-0.15, -0.1) is 0 Å². The Morgan fingerprint density at radius 1 is 1.40 bits per heavy atom. The zero-order chi connectivity index (χ0) is 14.8. The molecule has 1 aliphatic rings. The molecular weight excluding hydrogens is 252 g/mol. The minimum Gasteiger partial charge on any atom is -0.339 e. The zero-order valence-electron chi connectivity index (χ0n) is 12.0. The van der Waals surface area contributed by atoms with Crippen molar-refractivity contribution in [3.63, 3.8) is 0 Å². The first-order chi connectivity index (χ1) is 9.49. The molecule has 2 rings (SSSR count). The predicted octanol–water partition coefficient (Wildman–Crippen LogP) is 1.82. The fourth-order valence-electron chi connectivity index (χ4n) is 2.59.